The zero-order valence-corrected chi connectivity index (χ0v) is 13.5. The number of carbonyl (C=O) groups excluding carboxylic acids is 1. The molecule has 5 nitrogen and oxygen atoms in total. The van der Waals surface area contributed by atoms with Crippen molar-refractivity contribution in [3.05, 3.63) is 28.8 Å². The number of nitrogens with zero attached hydrogens (tertiary/aromatic N) is 1. The van der Waals surface area contributed by atoms with Gasteiger partial charge in [-0.3, -0.25) is 4.79 Å². The third kappa shape index (κ3) is 3.07. The molecular formula is C16H21ClN2O3. The van der Waals surface area contributed by atoms with Crippen molar-refractivity contribution < 1.29 is 14.3 Å². The first-order valence-electron chi connectivity index (χ1n) is 7.68. The molecule has 1 spiro atoms. The first kappa shape index (κ1) is 15.6. The molecule has 0 radical (unpaired) electrons. The Bertz CT molecular complexity index is 558. The molecule has 2 aliphatic rings. The second-order valence-corrected chi connectivity index (χ2v) is 6.22. The van der Waals surface area contributed by atoms with Crippen LogP contribution in [0.15, 0.2) is 18.2 Å². The Hall–Kier alpha value is -1.30. The molecule has 1 N–H and O–H groups in total. The van der Waals surface area contributed by atoms with Gasteiger partial charge in [0.1, 0.15) is 5.60 Å². The van der Waals surface area contributed by atoms with Crippen LogP contribution in [-0.2, 0) is 9.47 Å². The van der Waals surface area contributed by atoms with Gasteiger partial charge in [0.15, 0.2) is 0 Å². The largest absolute Gasteiger partial charge is 0.385 e. The highest BCUT2D eigenvalue weighted by Crippen LogP contribution is 2.29. The molecule has 0 saturated carbocycles. The van der Waals surface area contributed by atoms with Crippen LogP contribution < -0.4 is 5.32 Å². The van der Waals surface area contributed by atoms with Crippen molar-refractivity contribution in [2.24, 2.45) is 0 Å². The van der Waals surface area contributed by atoms with Crippen molar-refractivity contribution in [2.75, 3.05) is 44.8 Å². The summed E-state index contributed by atoms with van der Waals surface area (Å²) in [5.74, 6) is -0.00646. The number of carbonyl (C=O) groups is 1. The van der Waals surface area contributed by atoms with Crippen molar-refractivity contribution in [1.29, 1.82) is 0 Å². The molecule has 1 unspecified atom stereocenters. The van der Waals surface area contributed by atoms with E-state index < -0.39 is 0 Å². The first-order valence-corrected chi connectivity index (χ1v) is 8.06. The number of halogens is 1. The van der Waals surface area contributed by atoms with Gasteiger partial charge in [0.2, 0.25) is 0 Å². The lowest BCUT2D eigenvalue weighted by atomic mass is 10.00. The van der Waals surface area contributed by atoms with Crippen LogP contribution in [0.1, 0.15) is 23.7 Å². The van der Waals surface area contributed by atoms with E-state index in [1.54, 1.807) is 12.1 Å². The molecule has 1 aromatic carbocycles. The van der Waals surface area contributed by atoms with Crippen molar-refractivity contribution in [2.45, 2.75) is 18.9 Å². The van der Waals surface area contributed by atoms with E-state index in [0.717, 1.165) is 18.7 Å². The molecule has 22 heavy (non-hydrogen) atoms. The summed E-state index contributed by atoms with van der Waals surface area (Å²) >= 11 is 6.08. The fourth-order valence-electron chi connectivity index (χ4n) is 3.05. The predicted octanol–water partition coefficient (Wildman–Crippen LogP) is 2.40. The second-order valence-electron chi connectivity index (χ2n) is 5.78. The van der Waals surface area contributed by atoms with Crippen LogP contribution in [0.2, 0.25) is 5.02 Å². The van der Waals surface area contributed by atoms with Crippen LogP contribution in [-0.4, -0.2) is 55.9 Å². The van der Waals surface area contributed by atoms with E-state index in [4.69, 9.17) is 21.1 Å². The number of nitrogens with one attached hydrogen (secondary N) is 1. The topological polar surface area (TPSA) is 50.8 Å². The summed E-state index contributed by atoms with van der Waals surface area (Å²) in [6.45, 7) is 5.73. The van der Waals surface area contributed by atoms with Gasteiger partial charge in [-0.25, -0.2) is 0 Å². The highest BCUT2D eigenvalue weighted by molar-refractivity contribution is 6.31. The highest BCUT2D eigenvalue weighted by atomic mass is 35.5. The van der Waals surface area contributed by atoms with Gasteiger partial charge in [0.05, 0.1) is 25.3 Å². The number of hydrogen-bond donors (Lipinski definition) is 1. The number of rotatable bonds is 3. The van der Waals surface area contributed by atoms with Gasteiger partial charge in [0.25, 0.3) is 5.91 Å². The van der Waals surface area contributed by atoms with Gasteiger partial charge < -0.3 is 19.7 Å². The van der Waals surface area contributed by atoms with E-state index in [1.807, 2.05) is 17.9 Å². The molecule has 0 aliphatic carbocycles. The van der Waals surface area contributed by atoms with Gasteiger partial charge in [-0.05, 0) is 25.1 Å². The molecule has 2 fully saturated rings. The summed E-state index contributed by atoms with van der Waals surface area (Å²) in [6.07, 6.45) is 0.840. The fraction of sp³-hybridized carbons (Fsp3) is 0.562. The van der Waals surface area contributed by atoms with E-state index in [9.17, 15) is 4.79 Å². The van der Waals surface area contributed by atoms with E-state index >= 15 is 0 Å². The summed E-state index contributed by atoms with van der Waals surface area (Å²) in [5.41, 5.74) is 1.11. The molecule has 2 saturated heterocycles. The van der Waals surface area contributed by atoms with Crippen LogP contribution in [0.3, 0.4) is 0 Å². The number of benzene rings is 1. The Morgan fingerprint density at radius 1 is 1.45 bits per heavy atom. The quantitative estimate of drug-likeness (QED) is 0.927. The Kier molecular flexibility index (Phi) is 4.57. The van der Waals surface area contributed by atoms with Crippen LogP contribution in [0.25, 0.3) is 0 Å². The minimum Gasteiger partial charge on any atom is -0.385 e. The van der Waals surface area contributed by atoms with Crippen LogP contribution >= 0.6 is 11.6 Å². The molecule has 6 heteroatoms. The number of ether oxygens (including phenoxy) is 2. The molecule has 0 aromatic heterocycles. The van der Waals surface area contributed by atoms with Gasteiger partial charge >= 0.3 is 0 Å². The molecule has 2 heterocycles. The lowest BCUT2D eigenvalue weighted by molar-refractivity contribution is -0.0995. The lowest BCUT2D eigenvalue weighted by Gasteiger charge is -2.39. The summed E-state index contributed by atoms with van der Waals surface area (Å²) in [4.78, 5) is 14.8. The SMILES string of the molecule is CCNc1ccc(Cl)cc1C(=O)N1CCOC2(CCOC2)C1. The van der Waals surface area contributed by atoms with Gasteiger partial charge in [-0.15, -0.1) is 0 Å². The minimum absolute atomic E-state index is 0.00646. The van der Waals surface area contributed by atoms with Gasteiger partial charge in [-0.1, -0.05) is 11.6 Å². The molecule has 3 rings (SSSR count). The Labute approximate surface area is 135 Å². The maximum absolute atomic E-state index is 12.9. The first-order chi connectivity index (χ1) is 10.6. The third-order valence-electron chi connectivity index (χ3n) is 4.18. The van der Waals surface area contributed by atoms with Gasteiger partial charge in [0, 0.05) is 36.8 Å². The van der Waals surface area contributed by atoms with Crippen LogP contribution in [0.5, 0.6) is 0 Å². The molecular weight excluding hydrogens is 304 g/mol. The predicted molar refractivity (Wildman–Crippen MR) is 85.6 cm³/mol. The molecule has 2 aliphatic heterocycles. The van der Waals surface area contributed by atoms with Gasteiger partial charge in [-0.2, -0.15) is 0 Å². The number of amides is 1. The number of morpholine rings is 1. The Morgan fingerprint density at radius 3 is 3.05 bits per heavy atom. The van der Waals surface area contributed by atoms with Crippen molar-refractivity contribution in [3.63, 3.8) is 0 Å². The molecule has 0 bridgehead atoms. The van der Waals surface area contributed by atoms with Crippen molar-refractivity contribution >= 4 is 23.2 Å². The smallest absolute Gasteiger partial charge is 0.256 e. The minimum atomic E-state index is -0.329. The van der Waals surface area contributed by atoms with E-state index in [-0.39, 0.29) is 11.5 Å². The highest BCUT2D eigenvalue weighted by Gasteiger charge is 2.42. The summed E-state index contributed by atoms with van der Waals surface area (Å²) in [7, 11) is 0. The lowest BCUT2D eigenvalue weighted by Crippen LogP contribution is -2.54. The average molecular weight is 325 g/mol. The summed E-state index contributed by atoms with van der Waals surface area (Å²) in [6, 6.07) is 5.38. The zero-order valence-electron chi connectivity index (χ0n) is 12.7. The van der Waals surface area contributed by atoms with E-state index in [2.05, 4.69) is 5.32 Å². The Balaban J connectivity index is 1.82. The van der Waals surface area contributed by atoms with Crippen LogP contribution in [0.4, 0.5) is 5.69 Å². The molecule has 1 aromatic rings. The zero-order chi connectivity index (χ0) is 15.6. The van der Waals surface area contributed by atoms with Crippen molar-refractivity contribution in [3.8, 4) is 0 Å². The third-order valence-corrected chi connectivity index (χ3v) is 4.42. The van der Waals surface area contributed by atoms with E-state index in [1.165, 1.54) is 0 Å². The summed E-state index contributed by atoms with van der Waals surface area (Å²) in [5, 5.41) is 3.79. The van der Waals surface area contributed by atoms with Crippen LogP contribution in [0, 0.1) is 0 Å². The maximum Gasteiger partial charge on any atom is 0.256 e. The monoisotopic (exact) mass is 324 g/mol. The van der Waals surface area contributed by atoms with Crippen molar-refractivity contribution in [1.82, 2.24) is 4.90 Å². The fourth-order valence-corrected chi connectivity index (χ4v) is 3.23. The number of hydrogen-bond acceptors (Lipinski definition) is 4. The number of anilines is 1. The molecule has 1 atom stereocenters. The standard InChI is InChI=1S/C16H21ClN2O3/c1-2-18-14-4-3-12(17)9-13(14)15(20)19-6-8-22-16(10-19)5-7-21-11-16/h3-4,9,18H,2,5-8,10-11H2,1H3. The Morgan fingerprint density at radius 2 is 2.32 bits per heavy atom. The molecule has 1 amide bonds. The normalized spacial score (nSPS) is 24.7. The average Bonchev–Trinajstić information content (AvgIpc) is 2.96. The second kappa shape index (κ2) is 6.44. The van der Waals surface area contributed by atoms with E-state index in [0.29, 0.717) is 43.5 Å². The summed E-state index contributed by atoms with van der Waals surface area (Å²) < 4.78 is 11.3. The molecule has 120 valence electrons. The maximum atomic E-state index is 12.9.